The molecular weight excluding hydrogens is 312 g/mol. The van der Waals surface area contributed by atoms with Gasteiger partial charge in [-0.1, -0.05) is 12.8 Å². The Morgan fingerprint density at radius 1 is 1.17 bits per heavy atom. The van der Waals surface area contributed by atoms with E-state index in [2.05, 4.69) is 17.0 Å². The van der Waals surface area contributed by atoms with E-state index in [1.165, 1.54) is 25.5 Å². The molecule has 1 spiro atoms. The van der Waals surface area contributed by atoms with E-state index in [-0.39, 0.29) is 5.54 Å². The van der Waals surface area contributed by atoms with Gasteiger partial charge in [-0.15, -0.1) is 0 Å². The van der Waals surface area contributed by atoms with Crippen molar-refractivity contribution in [2.45, 2.75) is 61.4 Å². The number of aromatic nitrogens is 2. The van der Waals surface area contributed by atoms with Gasteiger partial charge in [0.05, 0.1) is 12.2 Å². The van der Waals surface area contributed by atoms with Gasteiger partial charge in [-0.25, -0.2) is 8.42 Å². The van der Waals surface area contributed by atoms with Crippen molar-refractivity contribution in [1.82, 2.24) is 19.0 Å². The van der Waals surface area contributed by atoms with E-state index in [1.807, 2.05) is 4.68 Å². The molecule has 1 aromatic heterocycles. The van der Waals surface area contributed by atoms with Crippen LogP contribution in [0, 0.1) is 0 Å². The second kappa shape index (κ2) is 5.57. The first-order chi connectivity index (χ1) is 11.0. The zero-order chi connectivity index (χ0) is 16.1. The van der Waals surface area contributed by atoms with Crippen LogP contribution in [0.5, 0.6) is 0 Å². The third kappa shape index (κ3) is 2.53. The fraction of sp³-hybridized carbons (Fsp3) is 0.812. The molecule has 0 radical (unpaired) electrons. The van der Waals surface area contributed by atoms with Gasteiger partial charge in [0.1, 0.15) is 4.90 Å². The minimum Gasteiger partial charge on any atom is -0.299 e. The Morgan fingerprint density at radius 3 is 2.65 bits per heavy atom. The van der Waals surface area contributed by atoms with Crippen LogP contribution in [-0.2, 0) is 10.0 Å². The van der Waals surface area contributed by atoms with Crippen LogP contribution in [0.2, 0.25) is 0 Å². The van der Waals surface area contributed by atoms with Crippen molar-refractivity contribution in [3.05, 3.63) is 12.4 Å². The summed E-state index contributed by atoms with van der Waals surface area (Å²) in [6.45, 7) is 2.33. The fourth-order valence-electron chi connectivity index (χ4n) is 4.58. The zero-order valence-electron chi connectivity index (χ0n) is 13.8. The Bertz CT molecular complexity index is 680. The van der Waals surface area contributed by atoms with E-state index in [1.54, 1.807) is 10.5 Å². The number of sulfonamides is 1. The van der Waals surface area contributed by atoms with Gasteiger partial charge in [0, 0.05) is 24.8 Å². The monoisotopic (exact) mass is 338 g/mol. The Kier molecular flexibility index (Phi) is 3.77. The first kappa shape index (κ1) is 15.6. The van der Waals surface area contributed by atoms with E-state index in [0.717, 1.165) is 32.2 Å². The highest BCUT2D eigenvalue weighted by atomic mass is 32.2. The predicted octanol–water partition coefficient (Wildman–Crippen LogP) is 1.86. The van der Waals surface area contributed by atoms with Crippen LogP contribution in [0.4, 0.5) is 0 Å². The van der Waals surface area contributed by atoms with Gasteiger partial charge in [-0.05, 0) is 45.7 Å². The number of likely N-dealkylation sites (tertiary alicyclic amines) is 1. The smallest absolute Gasteiger partial charge is 0.246 e. The van der Waals surface area contributed by atoms with Crippen LogP contribution < -0.4 is 0 Å². The summed E-state index contributed by atoms with van der Waals surface area (Å²) in [6, 6.07) is 0.379. The van der Waals surface area contributed by atoms with Crippen LogP contribution in [0.3, 0.4) is 0 Å². The molecule has 2 saturated heterocycles. The molecule has 0 bridgehead atoms. The number of nitrogens with zero attached hydrogens (tertiary/aromatic N) is 4. The van der Waals surface area contributed by atoms with Crippen LogP contribution in [0.25, 0.3) is 0 Å². The molecule has 1 aromatic rings. The summed E-state index contributed by atoms with van der Waals surface area (Å²) < 4.78 is 29.5. The Morgan fingerprint density at radius 2 is 1.96 bits per heavy atom. The molecule has 0 aromatic carbocycles. The highest BCUT2D eigenvalue weighted by molar-refractivity contribution is 7.89. The first-order valence-electron chi connectivity index (χ1n) is 8.77. The van der Waals surface area contributed by atoms with E-state index in [0.29, 0.717) is 24.0 Å². The number of likely N-dealkylation sites (N-methyl/N-ethyl adjacent to an activating group) is 1. The van der Waals surface area contributed by atoms with Crippen molar-refractivity contribution in [3.8, 4) is 0 Å². The van der Waals surface area contributed by atoms with E-state index < -0.39 is 10.0 Å². The van der Waals surface area contributed by atoms with Gasteiger partial charge in [0.25, 0.3) is 0 Å². The normalized spacial score (nSPS) is 30.8. The molecule has 3 heterocycles. The van der Waals surface area contributed by atoms with E-state index in [9.17, 15) is 8.42 Å². The van der Waals surface area contributed by atoms with Gasteiger partial charge in [-0.2, -0.15) is 9.40 Å². The van der Waals surface area contributed by atoms with Crippen molar-refractivity contribution in [3.63, 3.8) is 0 Å². The quantitative estimate of drug-likeness (QED) is 0.844. The number of hydrogen-bond donors (Lipinski definition) is 0. The Labute approximate surface area is 138 Å². The lowest BCUT2D eigenvalue weighted by atomic mass is 9.96. The minimum atomic E-state index is -3.41. The fourth-order valence-corrected chi connectivity index (χ4v) is 6.05. The van der Waals surface area contributed by atoms with Crippen LogP contribution in [0.1, 0.15) is 51.0 Å². The summed E-state index contributed by atoms with van der Waals surface area (Å²) in [4.78, 5) is 2.71. The van der Waals surface area contributed by atoms with Crippen molar-refractivity contribution in [2.75, 3.05) is 26.7 Å². The molecule has 3 fully saturated rings. The lowest BCUT2D eigenvalue weighted by molar-refractivity contribution is 0.188. The van der Waals surface area contributed by atoms with Crippen molar-refractivity contribution in [2.24, 2.45) is 0 Å². The molecular formula is C16H26N4O2S. The molecule has 0 N–H and O–H groups in total. The third-order valence-electron chi connectivity index (χ3n) is 6.16. The van der Waals surface area contributed by atoms with Gasteiger partial charge >= 0.3 is 0 Å². The summed E-state index contributed by atoms with van der Waals surface area (Å²) in [7, 11) is -1.28. The molecule has 4 rings (SSSR count). The maximum atomic E-state index is 13.0. The highest BCUT2D eigenvalue weighted by Gasteiger charge is 2.47. The SMILES string of the molecule is CN1CCCC12CCN(S(=O)(=O)c1cnn(C3CCCC3)c1)C2. The lowest BCUT2D eigenvalue weighted by Gasteiger charge is -2.31. The first-order valence-corrected chi connectivity index (χ1v) is 10.2. The van der Waals surface area contributed by atoms with Crippen LogP contribution in [-0.4, -0.2) is 59.6 Å². The molecule has 3 aliphatic rings. The topological polar surface area (TPSA) is 58.4 Å². The van der Waals surface area contributed by atoms with Gasteiger partial charge in [0.2, 0.25) is 10.0 Å². The molecule has 7 heteroatoms. The standard InChI is InChI=1S/C16H26N4O2S/c1-18-9-4-7-16(18)8-10-19(13-16)23(21,22)15-11-17-20(12-15)14-5-2-3-6-14/h11-12,14H,2-10,13H2,1H3. The second-order valence-corrected chi connectivity index (χ2v) is 9.37. The van der Waals surface area contributed by atoms with Gasteiger partial charge in [0.15, 0.2) is 0 Å². The predicted molar refractivity (Wildman–Crippen MR) is 87.7 cm³/mol. The van der Waals surface area contributed by atoms with Crippen molar-refractivity contribution >= 4 is 10.0 Å². The summed E-state index contributed by atoms with van der Waals surface area (Å²) in [5.41, 5.74) is 0.0640. The highest BCUT2D eigenvalue weighted by Crippen LogP contribution is 2.38. The molecule has 1 unspecified atom stereocenters. The Balaban J connectivity index is 1.54. The molecule has 6 nitrogen and oxygen atoms in total. The maximum Gasteiger partial charge on any atom is 0.246 e. The summed E-state index contributed by atoms with van der Waals surface area (Å²) >= 11 is 0. The molecule has 1 aliphatic carbocycles. The molecule has 128 valence electrons. The molecule has 0 amide bonds. The molecule has 2 aliphatic heterocycles. The lowest BCUT2D eigenvalue weighted by Crippen LogP contribution is -2.44. The van der Waals surface area contributed by atoms with Crippen molar-refractivity contribution in [1.29, 1.82) is 0 Å². The third-order valence-corrected chi connectivity index (χ3v) is 7.96. The number of hydrogen-bond acceptors (Lipinski definition) is 4. The summed E-state index contributed by atoms with van der Waals surface area (Å²) in [6.07, 6.45) is 11.2. The number of rotatable bonds is 3. The summed E-state index contributed by atoms with van der Waals surface area (Å²) in [5.74, 6) is 0. The second-order valence-electron chi connectivity index (χ2n) is 7.43. The largest absolute Gasteiger partial charge is 0.299 e. The van der Waals surface area contributed by atoms with Gasteiger partial charge < -0.3 is 0 Å². The minimum absolute atomic E-state index is 0.0640. The van der Waals surface area contributed by atoms with E-state index >= 15 is 0 Å². The van der Waals surface area contributed by atoms with Gasteiger partial charge in [-0.3, -0.25) is 9.58 Å². The Hall–Kier alpha value is -0.920. The van der Waals surface area contributed by atoms with E-state index in [4.69, 9.17) is 0 Å². The van der Waals surface area contributed by atoms with Crippen LogP contribution >= 0.6 is 0 Å². The molecule has 1 atom stereocenters. The van der Waals surface area contributed by atoms with Crippen molar-refractivity contribution < 1.29 is 8.42 Å². The summed E-state index contributed by atoms with van der Waals surface area (Å²) in [5, 5.41) is 4.34. The zero-order valence-corrected chi connectivity index (χ0v) is 14.6. The average Bonchev–Trinajstić information content (AvgIpc) is 3.28. The molecule has 23 heavy (non-hydrogen) atoms. The average molecular weight is 338 g/mol. The van der Waals surface area contributed by atoms with Crippen LogP contribution in [0.15, 0.2) is 17.3 Å². The molecule has 1 saturated carbocycles. The maximum absolute atomic E-state index is 13.0.